The van der Waals surface area contributed by atoms with Gasteiger partial charge in [0.2, 0.25) is 0 Å². The fourth-order valence-electron chi connectivity index (χ4n) is 1.84. The molecule has 4 N–H and O–H groups in total. The largest absolute Gasteiger partial charge is 0.367 e. The monoisotopic (exact) mass is 242 g/mol. The molecule has 1 heterocycles. The molecule has 1 aromatic heterocycles. The molecule has 0 amide bonds. The smallest absolute Gasteiger partial charge is 0.178 e. The van der Waals surface area contributed by atoms with Gasteiger partial charge in [-0.15, -0.1) is 0 Å². The second kappa shape index (κ2) is 4.10. The molecule has 1 fully saturated rings. The van der Waals surface area contributed by atoms with Crippen LogP contribution in [0.3, 0.4) is 0 Å². The number of nitrogens with zero attached hydrogens (tertiary/aromatic N) is 1. The molecule has 1 unspecified atom stereocenters. The van der Waals surface area contributed by atoms with Crippen LogP contribution in [-0.4, -0.2) is 11.5 Å². The third-order valence-corrected chi connectivity index (χ3v) is 3.30. The first-order valence-corrected chi connectivity index (χ1v) is 5.50. The summed E-state index contributed by atoms with van der Waals surface area (Å²) in [7, 11) is 0. The van der Waals surface area contributed by atoms with Gasteiger partial charge < -0.3 is 10.7 Å². The Hall–Kier alpha value is -1.43. The SMILES string of the molecule is CC1(C)CC1CNc1nc(NN)c(F)cc1F. The standard InChI is InChI=1S/C11H16F2N4/c1-11(2)4-6(11)5-15-9-7(12)3-8(13)10(16-9)17-14/h3,6H,4-5,14H2,1-2H3,(H2,15,16,17). The zero-order chi connectivity index (χ0) is 12.6. The predicted octanol–water partition coefficient (Wildman–Crippen LogP) is 2.10. The molecular formula is C11H16F2N4. The summed E-state index contributed by atoms with van der Waals surface area (Å²) in [6, 6.07) is 0.766. The molecule has 4 nitrogen and oxygen atoms in total. The fraction of sp³-hybridized carbons (Fsp3) is 0.545. The van der Waals surface area contributed by atoms with E-state index in [1.165, 1.54) is 0 Å². The van der Waals surface area contributed by atoms with E-state index in [1.807, 2.05) is 0 Å². The minimum Gasteiger partial charge on any atom is -0.367 e. The minimum absolute atomic E-state index is 0.0297. The van der Waals surface area contributed by atoms with Crippen LogP contribution in [0.25, 0.3) is 0 Å². The van der Waals surface area contributed by atoms with Gasteiger partial charge in [0.05, 0.1) is 0 Å². The molecule has 1 aromatic rings. The molecule has 6 heteroatoms. The Morgan fingerprint density at radius 3 is 2.53 bits per heavy atom. The summed E-state index contributed by atoms with van der Waals surface area (Å²) < 4.78 is 26.5. The lowest BCUT2D eigenvalue weighted by molar-refractivity contribution is 0.563. The van der Waals surface area contributed by atoms with Crippen LogP contribution in [0, 0.1) is 23.0 Å². The van der Waals surface area contributed by atoms with E-state index < -0.39 is 11.6 Å². The summed E-state index contributed by atoms with van der Waals surface area (Å²) >= 11 is 0. The molecule has 94 valence electrons. The third-order valence-electron chi connectivity index (χ3n) is 3.30. The van der Waals surface area contributed by atoms with Crippen LogP contribution in [0.1, 0.15) is 20.3 Å². The van der Waals surface area contributed by atoms with Crippen molar-refractivity contribution in [1.82, 2.24) is 4.98 Å². The van der Waals surface area contributed by atoms with Crippen LogP contribution >= 0.6 is 0 Å². The van der Waals surface area contributed by atoms with Crippen molar-refractivity contribution in [3.63, 3.8) is 0 Å². The second-order valence-electron chi connectivity index (χ2n) is 5.06. The lowest BCUT2D eigenvalue weighted by atomic mass is 10.1. The van der Waals surface area contributed by atoms with Crippen LogP contribution in [0.15, 0.2) is 6.07 Å². The highest BCUT2D eigenvalue weighted by molar-refractivity contribution is 5.47. The maximum Gasteiger partial charge on any atom is 0.178 e. The van der Waals surface area contributed by atoms with Crippen molar-refractivity contribution in [2.45, 2.75) is 20.3 Å². The average molecular weight is 242 g/mol. The quantitative estimate of drug-likeness (QED) is 0.559. The van der Waals surface area contributed by atoms with Crippen molar-refractivity contribution in [2.24, 2.45) is 17.2 Å². The highest BCUT2D eigenvalue weighted by Gasteiger charge is 2.45. The first-order valence-electron chi connectivity index (χ1n) is 5.50. The molecule has 0 radical (unpaired) electrons. The van der Waals surface area contributed by atoms with Crippen LogP contribution in [0.5, 0.6) is 0 Å². The van der Waals surface area contributed by atoms with E-state index in [2.05, 4.69) is 29.6 Å². The molecule has 0 aliphatic heterocycles. The fourth-order valence-corrected chi connectivity index (χ4v) is 1.84. The lowest BCUT2D eigenvalue weighted by Gasteiger charge is -2.10. The zero-order valence-corrected chi connectivity index (χ0v) is 9.85. The Labute approximate surface area is 98.6 Å². The number of halogens is 2. The molecule has 0 bridgehead atoms. The number of nitrogens with one attached hydrogen (secondary N) is 2. The highest BCUT2D eigenvalue weighted by Crippen LogP contribution is 2.51. The number of nitrogens with two attached hydrogens (primary N) is 1. The second-order valence-corrected chi connectivity index (χ2v) is 5.06. The van der Waals surface area contributed by atoms with Crippen molar-refractivity contribution in [2.75, 3.05) is 17.3 Å². The Kier molecular flexibility index (Phi) is 2.91. The summed E-state index contributed by atoms with van der Waals surface area (Å²) in [4.78, 5) is 3.74. The first-order chi connectivity index (χ1) is 7.94. The molecule has 1 aliphatic rings. The molecule has 1 saturated carbocycles. The average Bonchev–Trinajstić information content (AvgIpc) is 2.85. The van der Waals surface area contributed by atoms with Gasteiger partial charge in [-0.25, -0.2) is 19.6 Å². The van der Waals surface area contributed by atoms with E-state index in [4.69, 9.17) is 5.84 Å². The molecule has 2 rings (SSSR count). The van der Waals surface area contributed by atoms with Gasteiger partial charge in [0.1, 0.15) is 0 Å². The minimum atomic E-state index is -0.803. The predicted molar refractivity (Wildman–Crippen MR) is 62.3 cm³/mol. The first kappa shape index (κ1) is 12.0. The summed E-state index contributed by atoms with van der Waals surface area (Å²) in [5.41, 5.74) is 2.39. The Balaban J connectivity index is 2.05. The molecule has 0 spiro atoms. The number of hydrogen-bond donors (Lipinski definition) is 3. The van der Waals surface area contributed by atoms with E-state index in [1.54, 1.807) is 0 Å². The molecule has 17 heavy (non-hydrogen) atoms. The van der Waals surface area contributed by atoms with Crippen molar-refractivity contribution < 1.29 is 8.78 Å². The van der Waals surface area contributed by atoms with E-state index >= 15 is 0 Å². The van der Waals surface area contributed by atoms with Crippen LogP contribution in [0.4, 0.5) is 20.4 Å². The number of rotatable bonds is 4. The highest BCUT2D eigenvalue weighted by atomic mass is 19.1. The zero-order valence-electron chi connectivity index (χ0n) is 9.85. The number of anilines is 2. The van der Waals surface area contributed by atoms with E-state index in [0.717, 1.165) is 12.5 Å². The molecule has 1 aliphatic carbocycles. The van der Waals surface area contributed by atoms with Gasteiger partial charge in [0, 0.05) is 12.6 Å². The van der Waals surface area contributed by atoms with Crippen molar-refractivity contribution in [3.05, 3.63) is 17.7 Å². The number of hydrogen-bond acceptors (Lipinski definition) is 4. The van der Waals surface area contributed by atoms with Crippen LogP contribution in [0.2, 0.25) is 0 Å². The number of nitrogen functional groups attached to an aromatic ring is 1. The van der Waals surface area contributed by atoms with E-state index in [0.29, 0.717) is 17.9 Å². The van der Waals surface area contributed by atoms with Crippen molar-refractivity contribution in [3.8, 4) is 0 Å². The van der Waals surface area contributed by atoms with Gasteiger partial charge in [-0.1, -0.05) is 13.8 Å². The Bertz CT molecular complexity index is 434. The maximum atomic E-state index is 13.4. The summed E-state index contributed by atoms with van der Waals surface area (Å²) in [6.45, 7) is 4.94. The maximum absolute atomic E-state index is 13.4. The third kappa shape index (κ3) is 2.46. The van der Waals surface area contributed by atoms with Crippen molar-refractivity contribution in [1.29, 1.82) is 0 Å². The van der Waals surface area contributed by atoms with Crippen LogP contribution in [-0.2, 0) is 0 Å². The van der Waals surface area contributed by atoms with Gasteiger partial charge in [0.15, 0.2) is 23.3 Å². The van der Waals surface area contributed by atoms with E-state index in [9.17, 15) is 8.78 Å². The normalized spacial score (nSPS) is 21.1. The molecule has 0 saturated heterocycles. The topological polar surface area (TPSA) is 63.0 Å². The van der Waals surface area contributed by atoms with Gasteiger partial charge in [-0.3, -0.25) is 0 Å². The lowest BCUT2D eigenvalue weighted by Crippen LogP contribution is -2.15. The molecule has 0 aromatic carbocycles. The van der Waals surface area contributed by atoms with Gasteiger partial charge >= 0.3 is 0 Å². The number of hydrazine groups is 1. The summed E-state index contributed by atoms with van der Waals surface area (Å²) in [6.07, 6.45) is 1.10. The Morgan fingerprint density at radius 1 is 1.41 bits per heavy atom. The van der Waals surface area contributed by atoms with Crippen LogP contribution < -0.4 is 16.6 Å². The molecule has 1 atom stereocenters. The van der Waals surface area contributed by atoms with Gasteiger partial charge in [-0.2, -0.15) is 0 Å². The number of pyridine rings is 1. The van der Waals surface area contributed by atoms with Gasteiger partial charge in [0.25, 0.3) is 0 Å². The molecular weight excluding hydrogens is 226 g/mol. The number of aromatic nitrogens is 1. The summed E-state index contributed by atoms with van der Waals surface area (Å²) in [5, 5.41) is 2.88. The summed E-state index contributed by atoms with van der Waals surface area (Å²) in [5.74, 6) is 3.94. The van der Waals surface area contributed by atoms with Crippen molar-refractivity contribution >= 4 is 11.6 Å². The van der Waals surface area contributed by atoms with Gasteiger partial charge in [-0.05, 0) is 17.8 Å². The van der Waals surface area contributed by atoms with E-state index in [-0.39, 0.29) is 11.6 Å². The Morgan fingerprint density at radius 2 is 2.00 bits per heavy atom.